The summed E-state index contributed by atoms with van der Waals surface area (Å²) in [6.45, 7) is 1.55. The highest BCUT2D eigenvalue weighted by molar-refractivity contribution is 9.10. The molecule has 1 aromatic rings. The van der Waals surface area contributed by atoms with Crippen molar-refractivity contribution in [3.05, 3.63) is 28.2 Å². The molecule has 0 saturated heterocycles. The number of aliphatic hydroxyl groups excluding tert-OH is 1. The first-order valence-corrected chi connectivity index (χ1v) is 7.24. The Balaban J connectivity index is 2.03. The molecular formula is C14H18BrF2NO2. The van der Waals surface area contributed by atoms with Crippen molar-refractivity contribution in [3.63, 3.8) is 0 Å². The van der Waals surface area contributed by atoms with Gasteiger partial charge in [-0.15, -0.1) is 0 Å². The summed E-state index contributed by atoms with van der Waals surface area (Å²) < 4.78 is 30.1. The van der Waals surface area contributed by atoms with Gasteiger partial charge >= 0.3 is 6.61 Å². The molecular weight excluding hydrogens is 332 g/mol. The van der Waals surface area contributed by atoms with E-state index in [4.69, 9.17) is 0 Å². The molecule has 2 atom stereocenters. The zero-order chi connectivity index (χ0) is 14.9. The summed E-state index contributed by atoms with van der Waals surface area (Å²) >= 11 is 3.32. The van der Waals surface area contributed by atoms with Gasteiger partial charge in [-0.2, -0.15) is 8.78 Å². The van der Waals surface area contributed by atoms with Crippen molar-refractivity contribution in [2.45, 2.75) is 45.6 Å². The molecule has 0 bridgehead atoms. The summed E-state index contributed by atoms with van der Waals surface area (Å²) in [6, 6.07) is 5.11. The van der Waals surface area contributed by atoms with Crippen molar-refractivity contribution in [2.24, 2.45) is 5.41 Å². The van der Waals surface area contributed by atoms with Crippen molar-refractivity contribution in [2.75, 3.05) is 0 Å². The molecule has 3 nitrogen and oxygen atoms in total. The van der Waals surface area contributed by atoms with Crippen LogP contribution in [-0.2, 0) is 6.54 Å². The number of ether oxygens (including phenoxy) is 1. The predicted molar refractivity (Wildman–Crippen MR) is 75.8 cm³/mol. The minimum atomic E-state index is -2.84. The van der Waals surface area contributed by atoms with Crippen molar-refractivity contribution in [1.82, 2.24) is 5.32 Å². The Morgan fingerprint density at radius 2 is 2.20 bits per heavy atom. The van der Waals surface area contributed by atoms with Crippen LogP contribution in [-0.4, -0.2) is 23.9 Å². The highest BCUT2D eigenvalue weighted by Crippen LogP contribution is 2.40. The molecule has 6 heteroatoms. The molecule has 0 radical (unpaired) electrons. The zero-order valence-corrected chi connectivity index (χ0v) is 13.0. The van der Waals surface area contributed by atoms with Gasteiger partial charge < -0.3 is 15.2 Å². The van der Waals surface area contributed by atoms with Crippen LogP contribution < -0.4 is 10.1 Å². The molecule has 112 valence electrons. The number of rotatable bonds is 5. The van der Waals surface area contributed by atoms with Gasteiger partial charge in [-0.05, 0) is 24.6 Å². The van der Waals surface area contributed by atoms with E-state index in [9.17, 15) is 13.9 Å². The normalized spacial score (nSPS) is 24.6. The average molecular weight is 350 g/mol. The molecule has 0 aromatic heterocycles. The van der Waals surface area contributed by atoms with Crippen LogP contribution in [0.1, 0.15) is 25.8 Å². The molecule has 0 spiro atoms. The molecule has 2 unspecified atom stereocenters. The van der Waals surface area contributed by atoms with Crippen molar-refractivity contribution >= 4 is 15.9 Å². The van der Waals surface area contributed by atoms with Crippen LogP contribution in [0.5, 0.6) is 5.75 Å². The van der Waals surface area contributed by atoms with Gasteiger partial charge in [0.05, 0.1) is 6.10 Å². The second kappa shape index (κ2) is 5.95. The molecule has 0 heterocycles. The molecule has 1 saturated carbocycles. The van der Waals surface area contributed by atoms with Gasteiger partial charge in [0.1, 0.15) is 5.75 Å². The molecule has 0 aliphatic heterocycles. The Morgan fingerprint density at radius 3 is 2.75 bits per heavy atom. The van der Waals surface area contributed by atoms with Crippen molar-refractivity contribution in [3.8, 4) is 5.75 Å². The van der Waals surface area contributed by atoms with E-state index in [1.54, 1.807) is 12.1 Å². The van der Waals surface area contributed by atoms with E-state index in [-0.39, 0.29) is 23.3 Å². The van der Waals surface area contributed by atoms with Gasteiger partial charge in [0.15, 0.2) is 0 Å². The van der Waals surface area contributed by atoms with Crippen LogP contribution in [0, 0.1) is 5.41 Å². The topological polar surface area (TPSA) is 41.5 Å². The smallest absolute Gasteiger partial charge is 0.387 e. The Hall–Kier alpha value is -0.720. The number of aliphatic hydroxyl groups is 1. The van der Waals surface area contributed by atoms with Gasteiger partial charge in [0.2, 0.25) is 0 Å². The summed E-state index contributed by atoms with van der Waals surface area (Å²) in [5, 5.41) is 13.0. The minimum Gasteiger partial charge on any atom is -0.434 e. The van der Waals surface area contributed by atoms with Crippen LogP contribution >= 0.6 is 15.9 Å². The molecule has 0 amide bonds. The molecule has 2 N–H and O–H groups in total. The quantitative estimate of drug-likeness (QED) is 0.856. The second-order valence-corrected chi connectivity index (χ2v) is 6.55. The lowest BCUT2D eigenvalue weighted by Crippen LogP contribution is -2.59. The van der Waals surface area contributed by atoms with Gasteiger partial charge in [-0.25, -0.2) is 0 Å². The lowest BCUT2D eigenvalue weighted by Gasteiger charge is -2.49. The monoisotopic (exact) mass is 349 g/mol. The zero-order valence-electron chi connectivity index (χ0n) is 11.4. The van der Waals surface area contributed by atoms with Gasteiger partial charge in [-0.3, -0.25) is 0 Å². The summed E-state index contributed by atoms with van der Waals surface area (Å²) in [7, 11) is 0. The largest absolute Gasteiger partial charge is 0.434 e. The molecule has 1 aliphatic rings. The maximum absolute atomic E-state index is 12.4. The standard InChI is InChI=1S/C14H18BrF2NO2/c1-14(2)11(6-12(14)19)18-7-8-5-9(15)3-4-10(8)20-13(16)17/h3-5,11-13,18-19H,6-7H2,1-2H3. The first kappa shape index (κ1) is 15.7. The minimum absolute atomic E-state index is 0.163. The second-order valence-electron chi connectivity index (χ2n) is 5.64. The van der Waals surface area contributed by atoms with E-state index in [1.807, 2.05) is 13.8 Å². The first-order chi connectivity index (χ1) is 9.30. The molecule has 1 aliphatic carbocycles. The van der Waals surface area contributed by atoms with Gasteiger partial charge in [0, 0.05) is 28.0 Å². The number of alkyl halides is 2. The van der Waals surface area contributed by atoms with Crippen LogP contribution in [0.4, 0.5) is 8.78 Å². The predicted octanol–water partition coefficient (Wildman–Crippen LogP) is 3.30. The van der Waals surface area contributed by atoms with Crippen molar-refractivity contribution in [1.29, 1.82) is 0 Å². The number of nitrogens with one attached hydrogen (secondary N) is 1. The maximum atomic E-state index is 12.4. The molecule has 1 aromatic carbocycles. The fraction of sp³-hybridized carbons (Fsp3) is 0.571. The maximum Gasteiger partial charge on any atom is 0.387 e. The Bertz CT molecular complexity index is 482. The van der Waals surface area contributed by atoms with E-state index in [1.165, 1.54) is 6.07 Å². The highest BCUT2D eigenvalue weighted by Gasteiger charge is 2.46. The summed E-state index contributed by atoms with van der Waals surface area (Å²) in [4.78, 5) is 0. The van der Waals surface area contributed by atoms with Crippen LogP contribution in [0.25, 0.3) is 0 Å². The SMILES string of the molecule is CC1(C)C(O)CC1NCc1cc(Br)ccc1OC(F)F. The van der Waals surface area contributed by atoms with E-state index < -0.39 is 6.61 Å². The molecule has 2 rings (SSSR count). The van der Waals surface area contributed by atoms with E-state index in [2.05, 4.69) is 26.0 Å². The summed E-state index contributed by atoms with van der Waals surface area (Å²) in [5.41, 5.74) is 0.465. The summed E-state index contributed by atoms with van der Waals surface area (Å²) in [5.74, 6) is 0.174. The van der Waals surface area contributed by atoms with E-state index >= 15 is 0 Å². The van der Waals surface area contributed by atoms with Gasteiger partial charge in [0.25, 0.3) is 0 Å². The number of hydrogen-bond acceptors (Lipinski definition) is 3. The third-order valence-corrected chi connectivity index (χ3v) is 4.49. The van der Waals surface area contributed by atoms with Crippen LogP contribution in [0.2, 0.25) is 0 Å². The summed E-state index contributed by atoms with van der Waals surface area (Å²) in [6.07, 6.45) is 0.353. The first-order valence-electron chi connectivity index (χ1n) is 6.45. The van der Waals surface area contributed by atoms with Crippen LogP contribution in [0.3, 0.4) is 0 Å². The lowest BCUT2D eigenvalue weighted by atomic mass is 9.64. The fourth-order valence-electron chi connectivity index (χ4n) is 2.38. The fourth-order valence-corrected chi connectivity index (χ4v) is 2.79. The Kier molecular flexibility index (Phi) is 4.66. The van der Waals surface area contributed by atoms with Crippen molar-refractivity contribution < 1.29 is 18.6 Å². The Morgan fingerprint density at radius 1 is 1.50 bits per heavy atom. The third kappa shape index (κ3) is 3.30. The third-order valence-electron chi connectivity index (χ3n) is 3.99. The molecule has 20 heavy (non-hydrogen) atoms. The number of halogens is 3. The van der Waals surface area contributed by atoms with Crippen LogP contribution in [0.15, 0.2) is 22.7 Å². The van der Waals surface area contributed by atoms with Gasteiger partial charge in [-0.1, -0.05) is 29.8 Å². The lowest BCUT2D eigenvalue weighted by molar-refractivity contribution is -0.0733. The Labute approximate surface area is 125 Å². The number of hydrogen-bond donors (Lipinski definition) is 2. The molecule has 1 fully saturated rings. The number of benzene rings is 1. The van der Waals surface area contributed by atoms with E-state index in [0.717, 1.165) is 4.47 Å². The van der Waals surface area contributed by atoms with E-state index in [0.29, 0.717) is 18.5 Å². The average Bonchev–Trinajstić information content (AvgIpc) is 2.36. The highest BCUT2D eigenvalue weighted by atomic mass is 79.9.